The summed E-state index contributed by atoms with van der Waals surface area (Å²) >= 11 is 6.02. The van der Waals surface area contributed by atoms with E-state index in [0.717, 1.165) is 10.9 Å². The second kappa shape index (κ2) is 9.47. The van der Waals surface area contributed by atoms with Crippen LogP contribution in [0.3, 0.4) is 0 Å². The third-order valence-corrected chi connectivity index (χ3v) is 5.26. The Morgan fingerprint density at radius 2 is 1.88 bits per heavy atom. The predicted octanol–water partition coefficient (Wildman–Crippen LogP) is 3.48. The number of hydrogen-bond acceptors (Lipinski definition) is 7. The highest BCUT2D eigenvalue weighted by molar-refractivity contribution is 6.29. The first-order chi connectivity index (χ1) is 16.2. The van der Waals surface area contributed by atoms with Crippen LogP contribution < -0.4 is 0 Å². The Morgan fingerprint density at radius 3 is 2.56 bits per heavy atom. The van der Waals surface area contributed by atoms with Gasteiger partial charge in [-0.1, -0.05) is 18.5 Å². The van der Waals surface area contributed by atoms with E-state index in [2.05, 4.69) is 25.3 Å². The van der Waals surface area contributed by atoms with Gasteiger partial charge in [0.2, 0.25) is 0 Å². The van der Waals surface area contributed by atoms with Crippen LogP contribution >= 0.6 is 11.6 Å². The molecule has 9 nitrogen and oxygen atoms in total. The van der Waals surface area contributed by atoms with Gasteiger partial charge in [0.05, 0.1) is 24.7 Å². The minimum Gasteiger partial charge on any atom is -0.384 e. The standard InChI is InChI=1S/C21H19ClF3N7O2/c1-12(11-34-2)19-14(10-26-18-8-17(22)30-31(18)19)7-15(33)5-13-6-16(21(23,24)25)20(27-9-13)32-28-3-4-29-32/h3-4,6,8-10,12H,5,7,11H2,1-2H3/t12-/m0/s1. The average molecular weight is 494 g/mol. The smallest absolute Gasteiger partial charge is 0.384 e. The zero-order valence-electron chi connectivity index (χ0n) is 18.1. The summed E-state index contributed by atoms with van der Waals surface area (Å²) in [6.45, 7) is 2.27. The molecule has 4 aromatic heterocycles. The first-order valence-electron chi connectivity index (χ1n) is 10.1. The van der Waals surface area contributed by atoms with Crippen LogP contribution in [0.25, 0.3) is 11.5 Å². The normalized spacial score (nSPS) is 12.9. The highest BCUT2D eigenvalue weighted by atomic mass is 35.5. The largest absolute Gasteiger partial charge is 0.420 e. The molecule has 178 valence electrons. The van der Waals surface area contributed by atoms with Gasteiger partial charge < -0.3 is 4.74 Å². The fourth-order valence-corrected chi connectivity index (χ4v) is 3.92. The van der Waals surface area contributed by atoms with E-state index < -0.39 is 17.6 Å². The van der Waals surface area contributed by atoms with Gasteiger partial charge in [0.15, 0.2) is 16.6 Å². The molecule has 0 saturated carbocycles. The second-order valence-corrected chi connectivity index (χ2v) is 8.07. The number of carbonyl (C=O) groups is 1. The zero-order chi connectivity index (χ0) is 24.5. The van der Waals surface area contributed by atoms with Crippen LogP contribution in [0.2, 0.25) is 5.15 Å². The Labute approximate surface area is 196 Å². The number of ketones is 1. The molecule has 0 N–H and O–H groups in total. The molecule has 1 atom stereocenters. The quantitative estimate of drug-likeness (QED) is 0.370. The number of Topliss-reactive ketones (excluding diaryl/α,β-unsaturated/α-hetero) is 1. The van der Waals surface area contributed by atoms with Crippen molar-refractivity contribution in [2.45, 2.75) is 31.9 Å². The maximum absolute atomic E-state index is 13.6. The first-order valence-corrected chi connectivity index (χ1v) is 10.5. The number of alkyl halides is 3. The molecule has 0 spiro atoms. The number of hydrogen-bond donors (Lipinski definition) is 0. The zero-order valence-corrected chi connectivity index (χ0v) is 18.9. The van der Waals surface area contributed by atoms with Gasteiger partial charge in [-0.15, -0.1) is 4.80 Å². The molecule has 0 aromatic carbocycles. The molecule has 0 saturated heterocycles. The summed E-state index contributed by atoms with van der Waals surface area (Å²) in [5.41, 5.74) is 0.888. The fourth-order valence-electron chi connectivity index (χ4n) is 3.74. The van der Waals surface area contributed by atoms with Crippen LogP contribution in [0.15, 0.2) is 36.9 Å². The molecule has 0 fully saturated rings. The lowest BCUT2D eigenvalue weighted by Crippen LogP contribution is -2.18. The summed E-state index contributed by atoms with van der Waals surface area (Å²) in [5.74, 6) is -0.923. The minimum absolute atomic E-state index is 0.0619. The number of nitrogens with zero attached hydrogens (tertiary/aromatic N) is 7. The monoisotopic (exact) mass is 493 g/mol. The third-order valence-electron chi connectivity index (χ3n) is 5.08. The van der Waals surface area contributed by atoms with E-state index in [-0.39, 0.29) is 35.3 Å². The lowest BCUT2D eigenvalue weighted by molar-refractivity contribution is -0.138. The number of methoxy groups -OCH3 is 1. The maximum Gasteiger partial charge on any atom is 0.420 e. The van der Waals surface area contributed by atoms with Crippen LogP contribution in [-0.2, 0) is 28.5 Å². The van der Waals surface area contributed by atoms with Gasteiger partial charge in [0.25, 0.3) is 0 Å². The van der Waals surface area contributed by atoms with Crippen LogP contribution in [0.1, 0.15) is 35.2 Å². The van der Waals surface area contributed by atoms with Crippen molar-refractivity contribution in [1.29, 1.82) is 0 Å². The summed E-state index contributed by atoms with van der Waals surface area (Å²) in [4.78, 5) is 21.8. The first kappa shape index (κ1) is 23.8. The molecule has 0 aliphatic heterocycles. The number of aromatic nitrogens is 7. The molecular formula is C21H19ClF3N7O2. The van der Waals surface area contributed by atoms with Crippen molar-refractivity contribution in [2.75, 3.05) is 13.7 Å². The summed E-state index contributed by atoms with van der Waals surface area (Å²) in [5, 5.41) is 11.9. The molecule has 13 heteroatoms. The third kappa shape index (κ3) is 4.92. The molecule has 34 heavy (non-hydrogen) atoms. The van der Waals surface area contributed by atoms with Gasteiger partial charge in [0, 0.05) is 44.3 Å². The van der Waals surface area contributed by atoms with Gasteiger partial charge in [-0.2, -0.15) is 28.5 Å². The lowest BCUT2D eigenvalue weighted by atomic mass is 9.97. The van der Waals surface area contributed by atoms with E-state index in [1.54, 1.807) is 23.9 Å². The van der Waals surface area contributed by atoms with Gasteiger partial charge in [-0.3, -0.25) is 4.79 Å². The Kier molecular flexibility index (Phi) is 6.62. The minimum atomic E-state index is -4.70. The predicted molar refractivity (Wildman–Crippen MR) is 115 cm³/mol. The van der Waals surface area contributed by atoms with E-state index in [0.29, 0.717) is 23.5 Å². The van der Waals surface area contributed by atoms with Crippen molar-refractivity contribution in [3.05, 3.63) is 64.5 Å². The second-order valence-electron chi connectivity index (χ2n) is 7.69. The van der Waals surface area contributed by atoms with Crippen molar-refractivity contribution in [1.82, 2.24) is 34.6 Å². The van der Waals surface area contributed by atoms with E-state index in [9.17, 15) is 18.0 Å². The van der Waals surface area contributed by atoms with Gasteiger partial charge in [0.1, 0.15) is 11.3 Å². The number of fused-ring (bicyclic) bond motifs is 1. The number of ether oxygens (including phenoxy) is 1. The highest BCUT2D eigenvalue weighted by Gasteiger charge is 2.36. The summed E-state index contributed by atoms with van der Waals surface area (Å²) < 4.78 is 47.7. The van der Waals surface area contributed by atoms with E-state index in [4.69, 9.17) is 16.3 Å². The molecule has 4 aromatic rings. The molecule has 4 rings (SSSR count). The van der Waals surface area contributed by atoms with Crippen molar-refractivity contribution >= 4 is 23.0 Å². The fraction of sp³-hybridized carbons (Fsp3) is 0.333. The van der Waals surface area contributed by atoms with E-state index in [1.807, 2.05) is 6.92 Å². The average Bonchev–Trinajstić information content (AvgIpc) is 3.42. The number of carbonyl (C=O) groups excluding carboxylic acids is 1. The number of halogens is 4. The summed E-state index contributed by atoms with van der Waals surface area (Å²) in [6, 6.07) is 2.49. The Balaban J connectivity index is 1.63. The van der Waals surface area contributed by atoms with Crippen molar-refractivity contribution in [3.63, 3.8) is 0 Å². The van der Waals surface area contributed by atoms with Crippen LogP contribution in [0.5, 0.6) is 0 Å². The van der Waals surface area contributed by atoms with Crippen molar-refractivity contribution in [3.8, 4) is 5.82 Å². The van der Waals surface area contributed by atoms with Crippen LogP contribution in [-0.4, -0.2) is 54.1 Å². The van der Waals surface area contributed by atoms with Crippen LogP contribution in [0.4, 0.5) is 13.2 Å². The molecular weight excluding hydrogens is 475 g/mol. The number of pyridine rings is 1. The van der Waals surface area contributed by atoms with Crippen LogP contribution in [0, 0.1) is 0 Å². The Hall–Kier alpha value is -3.38. The van der Waals surface area contributed by atoms with E-state index >= 15 is 0 Å². The number of rotatable bonds is 8. The summed E-state index contributed by atoms with van der Waals surface area (Å²) in [6.07, 6.45) is 0.254. The van der Waals surface area contributed by atoms with Gasteiger partial charge >= 0.3 is 6.18 Å². The van der Waals surface area contributed by atoms with Crippen molar-refractivity contribution < 1.29 is 22.7 Å². The Bertz CT molecular complexity index is 1320. The summed E-state index contributed by atoms with van der Waals surface area (Å²) in [7, 11) is 1.56. The SMILES string of the molecule is COC[C@H](C)c1c(CC(=O)Cc2cnc(-n3nccn3)c(C(F)(F)F)c2)cnc2cc(Cl)nn12. The molecule has 0 amide bonds. The van der Waals surface area contributed by atoms with Gasteiger partial charge in [-0.05, 0) is 17.2 Å². The molecule has 0 aliphatic rings. The van der Waals surface area contributed by atoms with E-state index in [1.165, 1.54) is 18.6 Å². The van der Waals surface area contributed by atoms with Crippen molar-refractivity contribution in [2.24, 2.45) is 0 Å². The van der Waals surface area contributed by atoms with Gasteiger partial charge in [-0.25, -0.2) is 14.5 Å². The molecule has 0 unspecified atom stereocenters. The lowest BCUT2D eigenvalue weighted by Gasteiger charge is -2.17. The topological polar surface area (TPSA) is 100 Å². The molecule has 0 bridgehead atoms. The molecule has 4 heterocycles. The molecule has 0 aliphatic carbocycles. The maximum atomic E-state index is 13.6. The Morgan fingerprint density at radius 1 is 1.15 bits per heavy atom. The molecule has 0 radical (unpaired) electrons. The highest BCUT2D eigenvalue weighted by Crippen LogP contribution is 2.33.